The minimum atomic E-state index is -1.04. The van der Waals surface area contributed by atoms with E-state index in [9.17, 15) is 10.2 Å². The Morgan fingerprint density at radius 3 is 2.82 bits per heavy atom. The van der Waals surface area contributed by atoms with E-state index in [0.29, 0.717) is 0 Å². The van der Waals surface area contributed by atoms with E-state index in [0.717, 1.165) is 51.0 Å². The molecule has 0 saturated carbocycles. The van der Waals surface area contributed by atoms with Gasteiger partial charge in [-0.15, -0.1) is 0 Å². The molecule has 0 unspecified atom stereocenters. The molecule has 0 spiro atoms. The van der Waals surface area contributed by atoms with E-state index < -0.39 is 36.5 Å². The lowest BCUT2D eigenvalue weighted by Crippen LogP contribution is -2.42. The Morgan fingerprint density at radius 2 is 2.12 bits per heavy atom. The average Bonchev–Trinajstić information content (AvgIpc) is 3.28. The summed E-state index contributed by atoms with van der Waals surface area (Å²) in [4.78, 5) is 12.7. The van der Waals surface area contributed by atoms with Gasteiger partial charge < -0.3 is 29.3 Å². The predicted molar refractivity (Wildman–Crippen MR) is 126 cm³/mol. The molecule has 4 heterocycles. The van der Waals surface area contributed by atoms with E-state index >= 15 is 0 Å². The van der Waals surface area contributed by atoms with Crippen molar-refractivity contribution in [1.29, 1.82) is 0 Å². The highest BCUT2D eigenvalue weighted by atomic mass is 16.8. The lowest BCUT2D eigenvalue weighted by molar-refractivity contribution is -0.228. The topological polar surface area (TPSA) is 106 Å². The van der Waals surface area contributed by atoms with Gasteiger partial charge in [-0.25, -0.2) is 0 Å². The largest absolute Gasteiger partial charge is 0.393 e. The third-order valence-corrected chi connectivity index (χ3v) is 6.82. The summed E-state index contributed by atoms with van der Waals surface area (Å²) in [5.41, 5.74) is 6.03. The molecule has 190 valence electrons. The Bertz CT molecular complexity index is 892. The number of ether oxygens (including phenoxy) is 3. The van der Waals surface area contributed by atoms with Crippen molar-refractivity contribution in [3.63, 3.8) is 0 Å². The molecule has 3 aliphatic heterocycles. The molecule has 4 rings (SSSR count). The third-order valence-electron chi connectivity index (χ3n) is 6.82. The lowest BCUT2D eigenvalue weighted by atomic mass is 9.99. The number of rotatable bonds is 9. The predicted octanol–water partition coefficient (Wildman–Crippen LogP) is 1.95. The fourth-order valence-corrected chi connectivity index (χ4v) is 4.94. The zero-order valence-electron chi connectivity index (χ0n) is 21.0. The van der Waals surface area contributed by atoms with Gasteiger partial charge in [-0.3, -0.25) is 9.88 Å². The molecule has 5 atom stereocenters. The standard InChI is InChI=1S/C25H39N3O6/c1-6-16-12-17-13-28(11-9-19(17)26-18(16)7-2)10-8-15(3)27-31-14-20(29)22-21(30)23-24(32-22)34-25(4,5)33-23/h12,20-24,29-30H,6-11,13-14H2,1-5H3/t20-,21+,22-,23-,24-/m1/s1. The number of aliphatic hydroxyl groups excluding tert-OH is 2. The normalized spacial score (nSPS) is 29.7. The number of pyridine rings is 1. The fourth-order valence-electron chi connectivity index (χ4n) is 4.94. The van der Waals surface area contributed by atoms with Crippen molar-refractivity contribution in [1.82, 2.24) is 9.88 Å². The van der Waals surface area contributed by atoms with E-state index in [4.69, 9.17) is 24.0 Å². The molecule has 2 saturated heterocycles. The highest BCUT2D eigenvalue weighted by Gasteiger charge is 2.56. The first-order valence-corrected chi connectivity index (χ1v) is 12.5. The molecule has 2 N–H and O–H groups in total. The van der Waals surface area contributed by atoms with Gasteiger partial charge in [-0.2, -0.15) is 0 Å². The minimum absolute atomic E-state index is 0.0792. The van der Waals surface area contributed by atoms with Crippen LogP contribution in [0, 0.1) is 0 Å². The van der Waals surface area contributed by atoms with Gasteiger partial charge in [0.1, 0.15) is 31.0 Å². The van der Waals surface area contributed by atoms with E-state index in [-0.39, 0.29) is 6.61 Å². The van der Waals surface area contributed by atoms with Crippen LogP contribution in [0.5, 0.6) is 0 Å². The highest BCUT2D eigenvalue weighted by Crippen LogP contribution is 2.38. The Kier molecular flexibility index (Phi) is 7.91. The van der Waals surface area contributed by atoms with E-state index in [1.807, 2.05) is 6.92 Å². The maximum atomic E-state index is 10.4. The average molecular weight is 478 g/mol. The fraction of sp³-hybridized carbons (Fsp3) is 0.760. The summed E-state index contributed by atoms with van der Waals surface area (Å²) >= 11 is 0. The number of aryl methyl sites for hydroxylation is 2. The highest BCUT2D eigenvalue weighted by molar-refractivity contribution is 5.81. The number of aliphatic hydroxyl groups is 2. The number of nitrogens with zero attached hydrogens (tertiary/aromatic N) is 3. The Balaban J connectivity index is 1.21. The molecule has 0 bridgehead atoms. The van der Waals surface area contributed by atoms with E-state index in [1.54, 1.807) is 13.8 Å². The summed E-state index contributed by atoms with van der Waals surface area (Å²) in [6, 6.07) is 2.34. The summed E-state index contributed by atoms with van der Waals surface area (Å²) < 4.78 is 16.9. The molecule has 9 nitrogen and oxygen atoms in total. The Labute approximate surface area is 202 Å². The molecule has 34 heavy (non-hydrogen) atoms. The summed E-state index contributed by atoms with van der Waals surface area (Å²) in [6.45, 7) is 12.5. The van der Waals surface area contributed by atoms with Crippen LogP contribution < -0.4 is 0 Å². The third kappa shape index (κ3) is 5.61. The molecule has 0 amide bonds. The molecule has 0 aromatic carbocycles. The smallest absolute Gasteiger partial charge is 0.190 e. The molecule has 3 aliphatic rings. The van der Waals surface area contributed by atoms with Crippen molar-refractivity contribution in [3.8, 4) is 0 Å². The van der Waals surface area contributed by atoms with E-state index in [2.05, 4.69) is 30.0 Å². The van der Waals surface area contributed by atoms with Crippen LogP contribution in [0.1, 0.15) is 63.6 Å². The molecule has 2 fully saturated rings. The number of hydrogen-bond donors (Lipinski definition) is 2. The van der Waals surface area contributed by atoms with Gasteiger partial charge in [0.2, 0.25) is 0 Å². The van der Waals surface area contributed by atoms with Gasteiger partial charge in [-0.05, 0) is 44.7 Å². The zero-order chi connectivity index (χ0) is 24.5. The van der Waals surface area contributed by atoms with Crippen LogP contribution in [-0.4, -0.2) is 82.0 Å². The van der Waals surface area contributed by atoms with Crippen molar-refractivity contribution in [3.05, 3.63) is 28.6 Å². The first kappa shape index (κ1) is 25.5. The number of fused-ring (bicyclic) bond motifs is 2. The van der Waals surface area contributed by atoms with Crippen LogP contribution in [0.15, 0.2) is 11.2 Å². The number of aromatic nitrogens is 1. The van der Waals surface area contributed by atoms with Gasteiger partial charge in [0.15, 0.2) is 12.1 Å². The van der Waals surface area contributed by atoms with Crippen molar-refractivity contribution in [2.24, 2.45) is 5.16 Å². The van der Waals surface area contributed by atoms with Crippen molar-refractivity contribution in [2.45, 2.75) is 103 Å². The Morgan fingerprint density at radius 1 is 1.32 bits per heavy atom. The second-order valence-electron chi connectivity index (χ2n) is 9.93. The van der Waals surface area contributed by atoms with Crippen LogP contribution in [0.25, 0.3) is 0 Å². The van der Waals surface area contributed by atoms with Crippen LogP contribution in [0.2, 0.25) is 0 Å². The van der Waals surface area contributed by atoms with Crippen LogP contribution >= 0.6 is 0 Å². The van der Waals surface area contributed by atoms with Crippen molar-refractivity contribution in [2.75, 3.05) is 19.7 Å². The molecule has 9 heteroatoms. The summed E-state index contributed by atoms with van der Waals surface area (Å²) in [7, 11) is 0. The van der Waals surface area contributed by atoms with Crippen LogP contribution in [0.3, 0.4) is 0 Å². The molecule has 0 radical (unpaired) electrons. The van der Waals surface area contributed by atoms with Crippen molar-refractivity contribution >= 4 is 5.71 Å². The van der Waals surface area contributed by atoms with Gasteiger partial charge >= 0.3 is 0 Å². The van der Waals surface area contributed by atoms with E-state index in [1.165, 1.54) is 22.5 Å². The monoisotopic (exact) mass is 477 g/mol. The molecule has 0 aliphatic carbocycles. The molecular weight excluding hydrogens is 438 g/mol. The lowest BCUT2D eigenvalue weighted by Gasteiger charge is -2.29. The molecular formula is C25H39N3O6. The van der Waals surface area contributed by atoms with Gasteiger partial charge in [-0.1, -0.05) is 25.1 Å². The second kappa shape index (κ2) is 10.6. The summed E-state index contributed by atoms with van der Waals surface area (Å²) in [5, 5.41) is 25.0. The quantitative estimate of drug-likeness (QED) is 0.411. The maximum absolute atomic E-state index is 10.4. The number of oxime groups is 1. The minimum Gasteiger partial charge on any atom is -0.393 e. The van der Waals surface area contributed by atoms with Gasteiger partial charge in [0.05, 0.1) is 5.71 Å². The van der Waals surface area contributed by atoms with Gasteiger partial charge in [0, 0.05) is 43.9 Å². The SMILES string of the molecule is CCc1cc2c(nc1CC)CCN(CCC(C)=NOC[C@@H](O)[C@H]1O[C@@H]3OC(C)(C)O[C@@H]3[C@H]1O)C2. The number of hydrogen-bond acceptors (Lipinski definition) is 9. The van der Waals surface area contributed by atoms with Crippen LogP contribution in [-0.2, 0) is 44.9 Å². The molecule has 1 aromatic rings. The van der Waals surface area contributed by atoms with Crippen LogP contribution in [0.4, 0.5) is 0 Å². The molecule has 1 aromatic heterocycles. The first-order valence-electron chi connectivity index (χ1n) is 12.5. The second-order valence-corrected chi connectivity index (χ2v) is 9.93. The zero-order valence-corrected chi connectivity index (χ0v) is 21.0. The Hall–Kier alpha value is -1.62. The van der Waals surface area contributed by atoms with Gasteiger partial charge in [0.25, 0.3) is 0 Å². The summed E-state index contributed by atoms with van der Waals surface area (Å²) in [6.07, 6.45) is -0.443. The van der Waals surface area contributed by atoms with Crippen molar-refractivity contribution < 1.29 is 29.3 Å². The maximum Gasteiger partial charge on any atom is 0.190 e. The first-order chi connectivity index (χ1) is 16.2. The summed E-state index contributed by atoms with van der Waals surface area (Å²) in [5.74, 6) is -0.812.